The minimum absolute atomic E-state index is 0. The number of piperidine rings is 5. The van der Waals surface area contributed by atoms with Crippen LogP contribution in [0, 0.1) is 57.3 Å². The zero-order valence-corrected chi connectivity index (χ0v) is 79.4. The minimum Gasteiger partial charge on any atom is -0.336 e. The molecule has 5 amide bonds. The van der Waals surface area contributed by atoms with Crippen LogP contribution in [0.2, 0.25) is 15.1 Å². The van der Waals surface area contributed by atoms with E-state index in [4.69, 9.17) is 50.6 Å². The summed E-state index contributed by atoms with van der Waals surface area (Å²) in [5.74, 6) is -4.81. The van der Waals surface area contributed by atoms with E-state index in [1.807, 2.05) is 36.4 Å². The number of nitrogens with zero attached hydrogens (tertiary/aromatic N) is 23. The van der Waals surface area contributed by atoms with Crippen LogP contribution in [0.4, 0.5) is 57.1 Å². The smallest absolute Gasteiger partial charge is 0.336 e. The molecule has 5 aromatic carbocycles. The van der Waals surface area contributed by atoms with E-state index in [1.54, 1.807) is 109 Å². The maximum Gasteiger partial charge on any atom is 0.418 e. The molecule has 10 aromatic heterocycles. The van der Waals surface area contributed by atoms with Crippen molar-refractivity contribution < 1.29 is 81.0 Å². The Morgan fingerprint density at radius 2 is 0.537 bits per heavy atom. The highest BCUT2D eigenvalue weighted by Crippen LogP contribution is 2.46. The van der Waals surface area contributed by atoms with Crippen molar-refractivity contribution in [2.75, 3.05) is 65.4 Å². The minimum atomic E-state index is -4.65. The fourth-order valence-electron chi connectivity index (χ4n) is 18.2. The molecule has 0 N–H and O–H groups in total. The molecule has 15 heterocycles. The number of alkyl halides is 9. The third-order valence-corrected chi connectivity index (χ3v) is 27.4. The van der Waals surface area contributed by atoms with Crippen molar-refractivity contribution in [2.24, 2.45) is 0 Å². The number of carbonyl (C=O) groups is 5. The Labute approximate surface area is 866 Å². The summed E-state index contributed by atoms with van der Waals surface area (Å²) in [5, 5.41) is 66.8. The number of pyridine rings is 5. The summed E-state index contributed by atoms with van der Waals surface area (Å²) < 4.78 is 185. The lowest BCUT2D eigenvalue weighted by Gasteiger charge is -2.33. The number of nitriles is 3. The Bertz CT molecular complexity index is 7470. The molecule has 147 heavy (non-hydrogen) atoms. The summed E-state index contributed by atoms with van der Waals surface area (Å²) in [4.78, 5) is 72.4. The SMILES string of the molecule is C.C.C.C.C.N#Cc1ccc2nnc(C(=O)N3CCC(c4c(F)cccc4C(F)(F)F)CC3)n2c1.N#Cc1ccc2nnc(C(=O)N3CCC(c4cccc(Cl)c4C(F)(F)F)CC3)n2c1.N#Cc1ccc2nnc(C(=O)N3CCC(c4cccc(F)c4Cl)CC3)n2c1.O=C(c1nnc2ccc(Br)cn12)N1CCC(c2c(F)cccc2C(F)(F)F)CC1.O=C(c1nnc2ccc(Br)cn12)N1CCC(c2cccc(F)c2Cl)CC1. The van der Waals surface area contributed by atoms with Gasteiger partial charge in [0.1, 0.15) is 41.5 Å². The third-order valence-electron chi connectivity index (χ3n) is 25.3. The van der Waals surface area contributed by atoms with Crippen LogP contribution >= 0.6 is 66.7 Å². The molecule has 0 radical (unpaired) electrons. The summed E-state index contributed by atoms with van der Waals surface area (Å²) in [7, 11) is 0. The van der Waals surface area contributed by atoms with Gasteiger partial charge in [0.2, 0.25) is 29.1 Å². The van der Waals surface area contributed by atoms with Gasteiger partial charge in [-0.2, -0.15) is 55.3 Å². The largest absolute Gasteiger partial charge is 0.418 e. The maximum atomic E-state index is 14.3. The van der Waals surface area contributed by atoms with Gasteiger partial charge < -0.3 is 24.5 Å². The van der Waals surface area contributed by atoms with Crippen LogP contribution in [0.5, 0.6) is 0 Å². The molecule has 5 aliphatic heterocycles. The number of benzene rings is 5. The molecule has 20 rings (SSSR count). The van der Waals surface area contributed by atoms with Crippen molar-refractivity contribution in [2.45, 2.75) is 149 Å². The molecule has 15 aromatic rings. The first-order chi connectivity index (χ1) is 68.0. The highest BCUT2D eigenvalue weighted by Gasteiger charge is 2.43. The van der Waals surface area contributed by atoms with E-state index in [1.165, 1.54) is 65.7 Å². The maximum absolute atomic E-state index is 14.3. The molecule has 0 saturated carbocycles. The van der Waals surface area contributed by atoms with Gasteiger partial charge in [0.15, 0.2) is 28.2 Å². The molecule has 46 heteroatoms. The van der Waals surface area contributed by atoms with Crippen LogP contribution in [0.15, 0.2) is 192 Å². The molecule has 770 valence electrons. The number of carbonyl (C=O) groups excluding carboxylic acids is 5. The van der Waals surface area contributed by atoms with Gasteiger partial charge in [-0.1, -0.05) is 120 Å². The summed E-state index contributed by atoms with van der Waals surface area (Å²) in [6.45, 7) is 3.45. The second-order valence-electron chi connectivity index (χ2n) is 33.8. The Kier molecular flexibility index (Phi) is 37.0. The van der Waals surface area contributed by atoms with Crippen molar-refractivity contribution in [3.8, 4) is 18.2 Å². The first kappa shape index (κ1) is 113. The topological polar surface area (TPSA) is 324 Å². The number of hydrogen-bond acceptors (Lipinski definition) is 18. The molecule has 5 aliphatic rings. The van der Waals surface area contributed by atoms with Crippen LogP contribution in [0.25, 0.3) is 28.2 Å². The number of fused-ring (bicyclic) bond motifs is 5. The van der Waals surface area contributed by atoms with E-state index in [9.17, 15) is 81.0 Å². The summed E-state index contributed by atoms with van der Waals surface area (Å²) in [6.07, 6.45) is -1.45. The lowest BCUT2D eigenvalue weighted by Crippen LogP contribution is -2.39. The predicted octanol–water partition coefficient (Wildman–Crippen LogP) is 23.6. The van der Waals surface area contributed by atoms with Crippen LogP contribution in [0.3, 0.4) is 0 Å². The van der Waals surface area contributed by atoms with Crippen molar-refractivity contribution in [3.05, 3.63) is 320 Å². The molecule has 0 bridgehead atoms. The van der Waals surface area contributed by atoms with E-state index >= 15 is 0 Å². The van der Waals surface area contributed by atoms with E-state index < -0.39 is 76.2 Å². The van der Waals surface area contributed by atoms with Gasteiger partial charge in [-0.15, -0.1) is 51.0 Å². The van der Waals surface area contributed by atoms with E-state index in [0.29, 0.717) is 103 Å². The van der Waals surface area contributed by atoms with Crippen LogP contribution < -0.4 is 0 Å². The van der Waals surface area contributed by atoms with Gasteiger partial charge in [0.25, 0.3) is 29.5 Å². The highest BCUT2D eigenvalue weighted by atomic mass is 79.9. The average Bonchev–Trinajstić information content (AvgIpc) is 1.77. The lowest BCUT2D eigenvalue weighted by molar-refractivity contribution is -0.139. The number of likely N-dealkylation sites (tertiary alicyclic amines) is 5. The molecule has 5 saturated heterocycles. The molecule has 0 atom stereocenters. The van der Waals surface area contributed by atoms with Crippen LogP contribution in [-0.4, -0.2) is 192 Å². The van der Waals surface area contributed by atoms with Crippen molar-refractivity contribution in [3.63, 3.8) is 0 Å². The lowest BCUT2D eigenvalue weighted by atomic mass is 9.85. The highest BCUT2D eigenvalue weighted by molar-refractivity contribution is 9.10. The Morgan fingerprint density at radius 3 is 0.810 bits per heavy atom. The molecule has 5 fully saturated rings. The van der Waals surface area contributed by atoms with E-state index in [-0.39, 0.29) is 199 Å². The fraction of sp³-hybridized carbons (Fsp3) is 0.327. The van der Waals surface area contributed by atoms with Crippen LogP contribution in [-0.2, 0) is 18.5 Å². The number of amides is 5. The summed E-state index contributed by atoms with van der Waals surface area (Å²) >= 11 is 24.8. The first-order valence-corrected chi connectivity index (χ1v) is 46.8. The molecule has 0 unspecified atom stereocenters. The molecule has 28 nitrogen and oxygen atoms in total. The quantitative estimate of drug-likeness (QED) is 0.115. The molecular weight excluding hydrogens is 2130 g/mol. The first-order valence-electron chi connectivity index (χ1n) is 44.1. The number of aromatic nitrogens is 15. The second-order valence-corrected chi connectivity index (χ2v) is 36.8. The van der Waals surface area contributed by atoms with E-state index in [2.05, 4.69) is 82.8 Å². The number of halogens is 18. The monoisotopic (exact) mass is 2220 g/mol. The second kappa shape index (κ2) is 48.1. The molecule has 0 spiro atoms. The fourth-order valence-corrected chi connectivity index (χ4v) is 19.7. The van der Waals surface area contributed by atoms with Gasteiger partial charge in [0.05, 0.1) is 48.4 Å². The third kappa shape index (κ3) is 24.8. The Morgan fingerprint density at radius 1 is 0.299 bits per heavy atom. The summed E-state index contributed by atoms with van der Waals surface area (Å²) in [5.41, 5.74) is 1.96. The standard InChI is InChI=1S/C20H15ClF3N5O.C20H15F4N5O.C19H15BrF4N4O.C19H15ClFN5O.C18H15BrClFN4O.5CH4/c21-15-3-1-2-14(17(15)20(22,23)24)13-6-8-28(9-7-13)19(30)18-27-26-16-5-4-12(10-25)11-29(16)18;21-15-3-1-2-14(20(22,23)24)17(15)13-6-8-28(9-7-13)19(30)18-27-26-16-5-4-12(10-25)11-29(16)18;20-12-4-5-15-25-26-17(28(15)10-12)18(29)27-8-6-11(7-9-27)16-13(19(22,23)24)2-1-3-14(16)21;20-17-14(2-1-3-15(17)21)13-6-8-25(9-7-13)19(27)18-24-23-16-5-4-12(10-22)11-26(16)18;19-12-4-5-15-22-23-17(25(15)10-12)18(26)24-8-6-11(7-9-24)13-2-1-3-14(21)16(13)20;;;;;/h2*1-5,11,13H,6-9H2;1-5,10-11H,6-9H2;1-5,11,13H,6-9H2;1-5,10-11H,6-9H2;5*1H4. The Balaban J connectivity index is 0.000000173. The van der Waals surface area contributed by atoms with Crippen molar-refractivity contribution in [1.82, 2.24) is 97.5 Å². The van der Waals surface area contributed by atoms with Gasteiger partial charge in [-0.25, -0.2) is 17.6 Å². The van der Waals surface area contributed by atoms with E-state index in [0.717, 1.165) is 69.3 Å². The van der Waals surface area contributed by atoms with Gasteiger partial charge in [-0.05, 0) is 245 Å². The van der Waals surface area contributed by atoms with Gasteiger partial charge >= 0.3 is 18.5 Å². The van der Waals surface area contributed by atoms with Crippen molar-refractivity contribution >= 4 is 124 Å². The average molecular weight is 2220 g/mol. The zero-order chi connectivity index (χ0) is 101. The van der Waals surface area contributed by atoms with Crippen molar-refractivity contribution in [1.29, 1.82) is 15.8 Å². The van der Waals surface area contributed by atoms with Crippen LogP contribution in [0.1, 0.15) is 245 Å². The predicted molar refractivity (Wildman–Crippen MR) is 530 cm³/mol. The van der Waals surface area contributed by atoms with Gasteiger partial charge in [-0.3, -0.25) is 46.0 Å². The van der Waals surface area contributed by atoms with Gasteiger partial charge in [0, 0.05) is 117 Å². The molecule has 0 aliphatic carbocycles. The molecular formula is C101H95Br2Cl3F13N23O5. The Hall–Kier alpha value is -14.1. The summed E-state index contributed by atoms with van der Waals surface area (Å²) in [6, 6.07) is 42.6. The number of hydrogen-bond donors (Lipinski definition) is 0. The normalized spacial score (nSPS) is 14.9. The zero-order valence-electron chi connectivity index (χ0n) is 74.0. The number of rotatable bonds is 10.